The lowest BCUT2D eigenvalue weighted by Gasteiger charge is -2.31. The Kier molecular flexibility index (Phi) is 5.12. The van der Waals surface area contributed by atoms with E-state index in [1.807, 2.05) is 18.2 Å². The Labute approximate surface area is 249 Å². The summed E-state index contributed by atoms with van der Waals surface area (Å²) in [6.45, 7) is 2.34. The third-order valence-electron chi connectivity index (χ3n) is 9.22. The summed E-state index contributed by atoms with van der Waals surface area (Å²) >= 11 is 0. The highest BCUT2D eigenvalue weighted by molar-refractivity contribution is 6.11. The van der Waals surface area contributed by atoms with Gasteiger partial charge in [0.05, 0.1) is 16.4 Å². The van der Waals surface area contributed by atoms with Crippen molar-refractivity contribution in [2.24, 2.45) is 10.4 Å². The second-order valence-electron chi connectivity index (χ2n) is 11.9. The van der Waals surface area contributed by atoms with Crippen molar-refractivity contribution in [2.45, 2.75) is 19.5 Å². The summed E-state index contributed by atoms with van der Waals surface area (Å²) in [7, 11) is 0. The maximum atomic E-state index is 6.50. The molecule has 3 heterocycles. The molecule has 0 bridgehead atoms. The number of rotatable bonds is 3. The van der Waals surface area contributed by atoms with Gasteiger partial charge in [-0.1, -0.05) is 116 Å². The molecule has 2 unspecified atom stereocenters. The summed E-state index contributed by atoms with van der Waals surface area (Å²) in [6, 6.07) is 36.1. The molecule has 0 spiro atoms. The van der Waals surface area contributed by atoms with E-state index in [9.17, 15) is 0 Å². The Bertz CT molecular complexity index is 2320. The van der Waals surface area contributed by atoms with Crippen molar-refractivity contribution in [1.82, 2.24) is 4.57 Å². The van der Waals surface area contributed by atoms with Crippen molar-refractivity contribution in [3.63, 3.8) is 0 Å². The van der Waals surface area contributed by atoms with Crippen LogP contribution in [-0.4, -0.2) is 10.4 Å². The molecule has 1 aliphatic heterocycles. The van der Waals surface area contributed by atoms with Crippen LogP contribution in [0.4, 0.5) is 5.88 Å². The molecule has 43 heavy (non-hydrogen) atoms. The molecule has 3 aliphatic rings. The molecule has 0 saturated heterocycles. The van der Waals surface area contributed by atoms with E-state index in [1.165, 1.54) is 32.6 Å². The van der Waals surface area contributed by atoms with Crippen LogP contribution in [0.2, 0.25) is 0 Å². The van der Waals surface area contributed by atoms with Crippen molar-refractivity contribution < 1.29 is 4.42 Å². The lowest BCUT2D eigenvalue weighted by Crippen LogP contribution is -2.39. The molecule has 4 nitrogen and oxygen atoms in total. The van der Waals surface area contributed by atoms with Gasteiger partial charge in [-0.2, -0.15) is 0 Å². The van der Waals surface area contributed by atoms with Crippen LogP contribution in [0.5, 0.6) is 0 Å². The highest BCUT2D eigenvalue weighted by Gasteiger charge is 2.34. The second kappa shape index (κ2) is 9.07. The minimum absolute atomic E-state index is 0.0232. The van der Waals surface area contributed by atoms with Crippen LogP contribution < -0.4 is 15.9 Å². The minimum atomic E-state index is -0.322. The van der Waals surface area contributed by atoms with Gasteiger partial charge in [0.2, 0.25) is 5.88 Å². The van der Waals surface area contributed by atoms with Gasteiger partial charge < -0.3 is 14.3 Å². The zero-order valence-corrected chi connectivity index (χ0v) is 23.8. The SMILES string of the molecule is CC12C=c3c(n(C4N=C(c5cccc(-c6ccccc6)c5)Nc5oc6ccccc6c54)c4ccccc34)=CC1=CC=CC2. The van der Waals surface area contributed by atoms with Crippen LogP contribution >= 0.6 is 0 Å². The lowest BCUT2D eigenvalue weighted by atomic mass is 9.74. The smallest absolute Gasteiger partial charge is 0.207 e. The van der Waals surface area contributed by atoms with Gasteiger partial charge in [0, 0.05) is 27.0 Å². The molecule has 1 N–H and O–H groups in total. The summed E-state index contributed by atoms with van der Waals surface area (Å²) in [6.07, 6.45) is 12.2. The highest BCUT2D eigenvalue weighted by Crippen LogP contribution is 2.42. The number of amidine groups is 1. The molecule has 4 heteroatoms. The van der Waals surface area contributed by atoms with Crippen molar-refractivity contribution in [3.05, 3.63) is 149 Å². The molecule has 0 saturated carbocycles. The first-order chi connectivity index (χ1) is 21.2. The largest absolute Gasteiger partial charge is 0.440 e. The van der Waals surface area contributed by atoms with Crippen LogP contribution in [0.3, 0.4) is 0 Å². The maximum Gasteiger partial charge on any atom is 0.207 e. The number of benzene rings is 4. The van der Waals surface area contributed by atoms with Crippen LogP contribution in [0.15, 0.2) is 136 Å². The van der Waals surface area contributed by atoms with E-state index < -0.39 is 0 Å². The number of nitrogens with zero attached hydrogens (tertiary/aromatic N) is 2. The fourth-order valence-electron chi connectivity index (χ4n) is 7.04. The average molecular weight is 556 g/mol. The number of fused-ring (bicyclic) bond motifs is 7. The number of hydrogen-bond acceptors (Lipinski definition) is 3. The monoisotopic (exact) mass is 555 g/mol. The summed E-state index contributed by atoms with van der Waals surface area (Å²) in [4.78, 5) is 5.51. The number of aliphatic imine (C=N–C) groups is 1. The zero-order valence-electron chi connectivity index (χ0n) is 23.8. The van der Waals surface area contributed by atoms with Gasteiger partial charge in [-0.05, 0) is 47.4 Å². The topological polar surface area (TPSA) is 42.5 Å². The van der Waals surface area contributed by atoms with E-state index in [0.717, 1.165) is 45.8 Å². The third kappa shape index (κ3) is 3.66. The Balaban J connectivity index is 1.33. The first kappa shape index (κ1) is 24.3. The Morgan fingerprint density at radius 1 is 0.837 bits per heavy atom. The number of nitrogens with one attached hydrogen (secondary N) is 1. The normalized spacial score (nSPS) is 20.3. The first-order valence-electron chi connectivity index (χ1n) is 14.9. The maximum absolute atomic E-state index is 6.50. The second-order valence-corrected chi connectivity index (χ2v) is 11.9. The molecule has 206 valence electrons. The first-order valence-corrected chi connectivity index (χ1v) is 14.9. The van der Waals surface area contributed by atoms with Crippen molar-refractivity contribution in [2.75, 3.05) is 5.32 Å². The molecule has 2 atom stereocenters. The van der Waals surface area contributed by atoms with Crippen LogP contribution in [-0.2, 0) is 0 Å². The standard InChI is InChI=1S/C39H29N3O/c1-39-21-10-9-16-28(39)23-33-31(24-39)29-17-5-7-19-32(29)42(33)37-35-30-18-6-8-20-34(30)43-38(35)41-36(40-37)27-15-11-14-26(22-27)25-12-3-2-4-13-25/h2-20,22-24,37H,21H2,1H3,(H,40,41). The number of para-hydroxylation sites is 2. The van der Waals surface area contributed by atoms with Crippen LogP contribution in [0.25, 0.3) is 45.2 Å². The van der Waals surface area contributed by atoms with E-state index in [4.69, 9.17) is 9.41 Å². The van der Waals surface area contributed by atoms with Gasteiger partial charge in [0.1, 0.15) is 11.4 Å². The van der Waals surface area contributed by atoms with Gasteiger partial charge in [-0.25, -0.2) is 4.99 Å². The van der Waals surface area contributed by atoms with E-state index >= 15 is 0 Å². The summed E-state index contributed by atoms with van der Waals surface area (Å²) < 4.78 is 8.92. The number of hydrogen-bond donors (Lipinski definition) is 1. The zero-order chi connectivity index (χ0) is 28.5. The van der Waals surface area contributed by atoms with Gasteiger partial charge in [0.15, 0.2) is 6.17 Å². The molecule has 0 fully saturated rings. The summed E-state index contributed by atoms with van der Waals surface area (Å²) in [5, 5.41) is 8.37. The molecule has 0 radical (unpaired) electrons. The van der Waals surface area contributed by atoms with Gasteiger partial charge >= 0.3 is 0 Å². The summed E-state index contributed by atoms with van der Waals surface area (Å²) in [5.41, 5.74) is 7.73. The van der Waals surface area contributed by atoms with E-state index in [2.05, 4.69) is 132 Å². The third-order valence-corrected chi connectivity index (χ3v) is 9.22. The minimum Gasteiger partial charge on any atom is -0.440 e. The molecule has 2 aliphatic carbocycles. The predicted molar refractivity (Wildman–Crippen MR) is 176 cm³/mol. The van der Waals surface area contributed by atoms with Gasteiger partial charge in [-0.3, -0.25) is 0 Å². The molecular formula is C39H29N3O. The molecule has 9 rings (SSSR count). The molecule has 2 aromatic heterocycles. The highest BCUT2D eigenvalue weighted by atomic mass is 16.4. The number of allylic oxidation sites excluding steroid dienone is 4. The predicted octanol–water partition coefficient (Wildman–Crippen LogP) is 7.94. The van der Waals surface area contributed by atoms with Crippen molar-refractivity contribution in [3.8, 4) is 11.1 Å². The van der Waals surface area contributed by atoms with Crippen LogP contribution in [0, 0.1) is 5.41 Å². The van der Waals surface area contributed by atoms with Gasteiger partial charge in [0.25, 0.3) is 0 Å². The number of furan rings is 1. The Morgan fingerprint density at radius 3 is 2.51 bits per heavy atom. The Hall–Kier alpha value is -5.35. The molecule has 6 aromatic rings. The fourth-order valence-corrected chi connectivity index (χ4v) is 7.04. The average Bonchev–Trinajstić information content (AvgIpc) is 3.58. The number of anilines is 1. The van der Waals surface area contributed by atoms with Crippen molar-refractivity contribution >= 4 is 45.7 Å². The van der Waals surface area contributed by atoms with E-state index in [-0.39, 0.29) is 11.6 Å². The van der Waals surface area contributed by atoms with E-state index in [0.29, 0.717) is 0 Å². The van der Waals surface area contributed by atoms with Gasteiger partial charge in [-0.15, -0.1) is 0 Å². The lowest BCUT2D eigenvalue weighted by molar-refractivity contribution is 0.559. The number of aromatic nitrogens is 1. The van der Waals surface area contributed by atoms with Crippen molar-refractivity contribution in [1.29, 1.82) is 0 Å². The quantitative estimate of drug-likeness (QED) is 0.241. The Morgan fingerprint density at radius 2 is 1.60 bits per heavy atom. The summed E-state index contributed by atoms with van der Waals surface area (Å²) in [5.74, 6) is 1.54. The van der Waals surface area contributed by atoms with Crippen LogP contribution in [0.1, 0.15) is 30.6 Å². The van der Waals surface area contributed by atoms with E-state index in [1.54, 1.807) is 0 Å². The molecule has 0 amide bonds. The fraction of sp³-hybridized carbons (Fsp3) is 0.103. The molecular weight excluding hydrogens is 526 g/mol. The molecule has 4 aromatic carbocycles.